The van der Waals surface area contributed by atoms with E-state index in [9.17, 15) is 4.79 Å². The summed E-state index contributed by atoms with van der Waals surface area (Å²) in [6.07, 6.45) is 0. The fourth-order valence-corrected chi connectivity index (χ4v) is 3.39. The van der Waals surface area contributed by atoms with Crippen LogP contribution < -0.4 is 10.5 Å². The van der Waals surface area contributed by atoms with Gasteiger partial charge in [0.05, 0.1) is 29.7 Å². The van der Waals surface area contributed by atoms with Crippen LogP contribution in [-0.2, 0) is 4.74 Å². The zero-order valence-corrected chi connectivity index (χ0v) is 11.0. The van der Waals surface area contributed by atoms with E-state index in [0.717, 1.165) is 15.5 Å². The van der Waals surface area contributed by atoms with Gasteiger partial charge in [-0.2, -0.15) is 0 Å². The van der Waals surface area contributed by atoms with E-state index >= 15 is 0 Å². The van der Waals surface area contributed by atoms with Crippen LogP contribution >= 0.6 is 22.7 Å². The summed E-state index contributed by atoms with van der Waals surface area (Å²) in [4.78, 5) is 13.8. The molecular formula is C11H11NO3S2. The first-order chi connectivity index (χ1) is 8.17. The molecule has 0 atom stereocenters. The van der Waals surface area contributed by atoms with Crippen LogP contribution in [0.3, 0.4) is 0 Å². The molecule has 2 aromatic rings. The van der Waals surface area contributed by atoms with Crippen LogP contribution in [0.1, 0.15) is 9.67 Å². The molecule has 0 spiro atoms. The van der Waals surface area contributed by atoms with Crippen LogP contribution in [0.5, 0.6) is 5.75 Å². The summed E-state index contributed by atoms with van der Waals surface area (Å²) in [7, 11) is 2.95. The van der Waals surface area contributed by atoms with Gasteiger partial charge in [-0.25, -0.2) is 4.79 Å². The van der Waals surface area contributed by atoms with Crippen molar-refractivity contribution in [1.29, 1.82) is 0 Å². The maximum absolute atomic E-state index is 11.5. The highest BCUT2D eigenvalue weighted by atomic mass is 32.1. The maximum Gasteiger partial charge on any atom is 0.350 e. The van der Waals surface area contributed by atoms with E-state index in [4.69, 9.17) is 10.5 Å². The second-order valence-corrected chi connectivity index (χ2v) is 5.17. The Kier molecular flexibility index (Phi) is 3.35. The molecule has 0 saturated heterocycles. The first-order valence-corrected chi connectivity index (χ1v) is 6.46. The minimum atomic E-state index is -0.408. The Morgan fingerprint density at radius 2 is 2.18 bits per heavy atom. The lowest BCUT2D eigenvalue weighted by Crippen LogP contribution is -2.00. The van der Waals surface area contributed by atoms with E-state index in [2.05, 4.69) is 4.74 Å². The zero-order valence-electron chi connectivity index (χ0n) is 9.35. The third kappa shape index (κ3) is 2.13. The number of nitrogen functional groups attached to an aromatic ring is 1. The molecule has 2 rings (SSSR count). The highest BCUT2D eigenvalue weighted by Gasteiger charge is 2.18. The number of esters is 1. The number of ether oxygens (including phenoxy) is 2. The number of hydrogen-bond acceptors (Lipinski definition) is 6. The largest absolute Gasteiger partial charge is 0.495 e. The van der Waals surface area contributed by atoms with Gasteiger partial charge in [-0.1, -0.05) is 0 Å². The highest BCUT2D eigenvalue weighted by Crippen LogP contribution is 2.41. The molecule has 0 bridgehead atoms. The molecule has 0 fully saturated rings. The molecule has 0 aliphatic carbocycles. The third-order valence-electron chi connectivity index (χ3n) is 2.20. The molecule has 6 heteroatoms. The molecule has 0 saturated carbocycles. The standard InChI is InChI=1S/C11H11NO3S2/c1-14-7-3-4-16-10(7)8-5-6(12)9(17-8)11(13)15-2/h3-5H,12H2,1-2H3. The van der Waals surface area contributed by atoms with Gasteiger partial charge in [-0.05, 0) is 17.5 Å². The van der Waals surface area contributed by atoms with Crippen LogP contribution in [0.2, 0.25) is 0 Å². The smallest absolute Gasteiger partial charge is 0.350 e. The van der Waals surface area contributed by atoms with E-state index in [0.29, 0.717) is 10.6 Å². The Morgan fingerprint density at radius 1 is 1.41 bits per heavy atom. The normalized spacial score (nSPS) is 10.2. The highest BCUT2D eigenvalue weighted by molar-refractivity contribution is 7.23. The Balaban J connectivity index is 2.44. The summed E-state index contributed by atoms with van der Waals surface area (Å²) in [5, 5.41) is 1.93. The van der Waals surface area contributed by atoms with Crippen LogP contribution in [0.4, 0.5) is 5.69 Å². The van der Waals surface area contributed by atoms with Crippen LogP contribution in [0.15, 0.2) is 17.5 Å². The van der Waals surface area contributed by atoms with Crippen molar-refractivity contribution in [2.75, 3.05) is 20.0 Å². The Bertz CT molecular complexity index is 545. The Labute approximate surface area is 107 Å². The first-order valence-electron chi connectivity index (χ1n) is 4.76. The lowest BCUT2D eigenvalue weighted by Gasteiger charge is -1.98. The molecule has 0 aliphatic rings. The summed E-state index contributed by atoms with van der Waals surface area (Å²) in [6, 6.07) is 3.65. The number of methoxy groups -OCH3 is 2. The van der Waals surface area contributed by atoms with E-state index < -0.39 is 5.97 Å². The van der Waals surface area contributed by atoms with Crippen molar-refractivity contribution >= 4 is 34.3 Å². The van der Waals surface area contributed by atoms with E-state index in [1.54, 1.807) is 24.5 Å². The second-order valence-electron chi connectivity index (χ2n) is 3.20. The lowest BCUT2D eigenvalue weighted by atomic mass is 10.3. The monoisotopic (exact) mass is 269 g/mol. The summed E-state index contributed by atoms with van der Waals surface area (Å²) in [5.41, 5.74) is 6.23. The average Bonchev–Trinajstić information content (AvgIpc) is 2.93. The van der Waals surface area contributed by atoms with Crippen molar-refractivity contribution in [3.63, 3.8) is 0 Å². The number of thiophene rings is 2. The van der Waals surface area contributed by atoms with Gasteiger partial charge in [0.25, 0.3) is 0 Å². The fourth-order valence-electron chi connectivity index (χ4n) is 1.41. The molecule has 17 heavy (non-hydrogen) atoms. The van der Waals surface area contributed by atoms with Gasteiger partial charge in [-0.15, -0.1) is 22.7 Å². The zero-order chi connectivity index (χ0) is 12.4. The molecular weight excluding hydrogens is 258 g/mol. The average molecular weight is 269 g/mol. The third-order valence-corrected chi connectivity index (χ3v) is 4.41. The molecule has 90 valence electrons. The Hall–Kier alpha value is -1.53. The number of hydrogen-bond donors (Lipinski definition) is 1. The number of anilines is 1. The molecule has 0 radical (unpaired) electrons. The molecule has 0 aromatic carbocycles. The van der Waals surface area contributed by atoms with Gasteiger partial charge in [-0.3, -0.25) is 0 Å². The van der Waals surface area contributed by atoms with Gasteiger partial charge >= 0.3 is 5.97 Å². The first kappa shape index (κ1) is 11.9. The van der Waals surface area contributed by atoms with Crippen molar-refractivity contribution in [3.05, 3.63) is 22.4 Å². The molecule has 4 nitrogen and oxygen atoms in total. The molecule has 2 N–H and O–H groups in total. The summed E-state index contributed by atoms with van der Waals surface area (Å²) in [5.74, 6) is 0.377. The number of carbonyl (C=O) groups excluding carboxylic acids is 1. The molecule has 2 aromatic heterocycles. The number of rotatable bonds is 3. The van der Waals surface area contributed by atoms with E-state index in [1.165, 1.54) is 18.4 Å². The van der Waals surface area contributed by atoms with E-state index in [1.807, 2.05) is 11.4 Å². The lowest BCUT2D eigenvalue weighted by molar-refractivity contribution is 0.0607. The minimum Gasteiger partial charge on any atom is -0.495 e. The van der Waals surface area contributed by atoms with Crippen molar-refractivity contribution in [2.24, 2.45) is 0 Å². The van der Waals surface area contributed by atoms with Gasteiger partial charge in [0.2, 0.25) is 0 Å². The predicted molar refractivity (Wildman–Crippen MR) is 69.9 cm³/mol. The van der Waals surface area contributed by atoms with Gasteiger partial charge in [0, 0.05) is 0 Å². The summed E-state index contributed by atoms with van der Waals surface area (Å²) in [6.45, 7) is 0. The quantitative estimate of drug-likeness (QED) is 0.870. The maximum atomic E-state index is 11.5. The number of nitrogens with two attached hydrogens (primary N) is 1. The topological polar surface area (TPSA) is 61.5 Å². The molecule has 0 unspecified atom stereocenters. The molecule has 2 heterocycles. The predicted octanol–water partition coefficient (Wildman–Crippen LogP) is 2.85. The molecule has 0 amide bonds. The SMILES string of the molecule is COC(=O)c1sc(-c2sccc2OC)cc1N. The van der Waals surface area contributed by atoms with Gasteiger partial charge in [0.1, 0.15) is 10.6 Å². The van der Waals surface area contributed by atoms with Gasteiger partial charge in [0.15, 0.2) is 0 Å². The summed E-state index contributed by atoms with van der Waals surface area (Å²) < 4.78 is 9.90. The Morgan fingerprint density at radius 3 is 2.82 bits per heavy atom. The second kappa shape index (κ2) is 4.77. The van der Waals surface area contributed by atoms with Crippen molar-refractivity contribution in [2.45, 2.75) is 0 Å². The number of carbonyl (C=O) groups is 1. The van der Waals surface area contributed by atoms with Crippen molar-refractivity contribution in [1.82, 2.24) is 0 Å². The van der Waals surface area contributed by atoms with Crippen LogP contribution in [0.25, 0.3) is 9.75 Å². The minimum absolute atomic E-state index is 0.408. The molecule has 0 aliphatic heterocycles. The summed E-state index contributed by atoms with van der Waals surface area (Å²) >= 11 is 2.86. The van der Waals surface area contributed by atoms with Crippen molar-refractivity contribution < 1.29 is 14.3 Å². The van der Waals surface area contributed by atoms with Crippen LogP contribution in [-0.4, -0.2) is 20.2 Å². The fraction of sp³-hybridized carbons (Fsp3) is 0.182. The van der Waals surface area contributed by atoms with Gasteiger partial charge < -0.3 is 15.2 Å². The van der Waals surface area contributed by atoms with E-state index in [-0.39, 0.29) is 0 Å². The van der Waals surface area contributed by atoms with Crippen LogP contribution in [0, 0.1) is 0 Å². The van der Waals surface area contributed by atoms with Crippen molar-refractivity contribution in [3.8, 4) is 15.5 Å².